The van der Waals surface area contributed by atoms with Crippen LogP contribution in [0, 0.1) is 6.92 Å². The first-order valence-electron chi connectivity index (χ1n) is 4.95. The number of benzene rings is 1. The van der Waals surface area contributed by atoms with Gasteiger partial charge in [0.05, 0.1) is 10.4 Å². The quantitative estimate of drug-likeness (QED) is 0.783. The van der Waals surface area contributed by atoms with E-state index >= 15 is 0 Å². The van der Waals surface area contributed by atoms with Gasteiger partial charge in [0.2, 0.25) is 10.0 Å². The first-order valence-corrected chi connectivity index (χ1v) is 6.44. The molecule has 0 atom stereocenters. The fraction of sp³-hybridized carbons (Fsp3) is 0.455. The molecule has 0 saturated heterocycles. The lowest BCUT2D eigenvalue weighted by Crippen LogP contribution is -2.33. The molecule has 2 N–H and O–H groups in total. The Hall–Kier alpha value is -1.23. The molecular weight excluding hydrogens is 226 g/mol. The molecule has 90 valence electrons. The Bertz CT molecular complexity index is 486. The average Bonchev–Trinajstić information content (AvgIpc) is 2.09. The normalized spacial score (nSPS) is 12.5. The van der Waals surface area contributed by atoms with Gasteiger partial charge in [-0.15, -0.1) is 0 Å². The molecule has 5 heteroatoms. The fourth-order valence-corrected chi connectivity index (χ4v) is 1.79. The van der Waals surface area contributed by atoms with Gasteiger partial charge in [0.1, 0.15) is 5.75 Å². The molecule has 0 aromatic heterocycles. The maximum absolute atomic E-state index is 11.9. The standard InChI is InChI=1S/C11H17NO3S/c1-8-5-6-10(13)9(7-8)12-16(14,15)11(2,3)4/h5-7,12-13H,1-4H3. The van der Waals surface area contributed by atoms with E-state index in [-0.39, 0.29) is 11.4 Å². The number of hydrogen-bond donors (Lipinski definition) is 2. The van der Waals surface area contributed by atoms with Crippen molar-refractivity contribution in [1.82, 2.24) is 0 Å². The predicted molar refractivity (Wildman–Crippen MR) is 65.1 cm³/mol. The average molecular weight is 243 g/mol. The second-order valence-corrected chi connectivity index (χ2v) is 7.17. The zero-order valence-corrected chi connectivity index (χ0v) is 10.7. The van der Waals surface area contributed by atoms with Crippen molar-refractivity contribution in [3.05, 3.63) is 23.8 Å². The van der Waals surface area contributed by atoms with Crippen LogP contribution in [0.1, 0.15) is 26.3 Å². The summed E-state index contributed by atoms with van der Waals surface area (Å²) in [4.78, 5) is 0. The Morgan fingerprint density at radius 1 is 1.25 bits per heavy atom. The van der Waals surface area contributed by atoms with E-state index in [1.165, 1.54) is 6.07 Å². The van der Waals surface area contributed by atoms with E-state index in [2.05, 4.69) is 4.72 Å². The number of rotatable bonds is 2. The number of hydrogen-bond acceptors (Lipinski definition) is 3. The highest BCUT2D eigenvalue weighted by Crippen LogP contribution is 2.27. The van der Waals surface area contributed by atoms with Crippen LogP contribution in [0.15, 0.2) is 18.2 Å². The van der Waals surface area contributed by atoms with Gasteiger partial charge >= 0.3 is 0 Å². The molecular formula is C11H17NO3S. The molecule has 0 aliphatic carbocycles. The van der Waals surface area contributed by atoms with Crippen molar-refractivity contribution < 1.29 is 13.5 Å². The van der Waals surface area contributed by atoms with Gasteiger partial charge in [0.25, 0.3) is 0 Å². The van der Waals surface area contributed by atoms with Gasteiger partial charge in [-0.05, 0) is 45.4 Å². The Morgan fingerprint density at radius 2 is 1.81 bits per heavy atom. The number of anilines is 1. The maximum Gasteiger partial charge on any atom is 0.237 e. The van der Waals surface area contributed by atoms with Gasteiger partial charge in [0.15, 0.2) is 0 Å². The highest BCUT2D eigenvalue weighted by Gasteiger charge is 2.29. The summed E-state index contributed by atoms with van der Waals surface area (Å²) in [5, 5.41) is 9.54. The molecule has 0 spiro atoms. The lowest BCUT2D eigenvalue weighted by atomic mass is 10.2. The molecule has 0 aliphatic heterocycles. The summed E-state index contributed by atoms with van der Waals surface area (Å²) in [6, 6.07) is 4.78. The summed E-state index contributed by atoms with van der Waals surface area (Å²) in [6.45, 7) is 6.63. The lowest BCUT2D eigenvalue weighted by molar-refractivity contribution is 0.477. The van der Waals surface area contributed by atoms with Crippen LogP contribution in [0.5, 0.6) is 5.75 Å². The minimum Gasteiger partial charge on any atom is -0.506 e. The minimum absolute atomic E-state index is 0.0709. The van der Waals surface area contributed by atoms with E-state index in [0.29, 0.717) is 0 Å². The predicted octanol–water partition coefficient (Wildman–Crippen LogP) is 2.24. The van der Waals surface area contributed by atoms with E-state index in [4.69, 9.17) is 0 Å². The number of phenolic OH excluding ortho intramolecular Hbond substituents is 1. The molecule has 0 unspecified atom stereocenters. The molecule has 0 fully saturated rings. The lowest BCUT2D eigenvalue weighted by Gasteiger charge is -2.21. The zero-order chi connectivity index (χ0) is 12.6. The van der Waals surface area contributed by atoms with Crippen molar-refractivity contribution in [3.8, 4) is 5.75 Å². The Morgan fingerprint density at radius 3 is 2.31 bits per heavy atom. The topological polar surface area (TPSA) is 66.4 Å². The first kappa shape index (κ1) is 12.8. The highest BCUT2D eigenvalue weighted by molar-refractivity contribution is 7.94. The second-order valence-electron chi connectivity index (χ2n) is 4.74. The van der Waals surface area contributed by atoms with Crippen molar-refractivity contribution in [2.75, 3.05) is 4.72 Å². The van der Waals surface area contributed by atoms with Gasteiger partial charge < -0.3 is 5.11 Å². The summed E-state index contributed by atoms with van der Waals surface area (Å²) >= 11 is 0. The summed E-state index contributed by atoms with van der Waals surface area (Å²) in [6.07, 6.45) is 0. The maximum atomic E-state index is 11.9. The van der Waals surface area contributed by atoms with Crippen LogP contribution >= 0.6 is 0 Å². The summed E-state index contributed by atoms with van der Waals surface area (Å²) in [5.74, 6) is -0.0709. The molecule has 0 amide bonds. The Balaban J connectivity index is 3.11. The van der Waals surface area contributed by atoms with E-state index in [1.54, 1.807) is 32.9 Å². The van der Waals surface area contributed by atoms with Crippen molar-refractivity contribution in [2.45, 2.75) is 32.4 Å². The van der Waals surface area contributed by atoms with E-state index in [1.807, 2.05) is 6.92 Å². The van der Waals surface area contributed by atoms with Crippen LogP contribution < -0.4 is 4.72 Å². The molecule has 0 saturated carbocycles. The van der Waals surface area contributed by atoms with Gasteiger partial charge in [-0.25, -0.2) is 8.42 Å². The first-order chi connectivity index (χ1) is 7.13. The molecule has 1 aromatic rings. The Kier molecular flexibility index (Phi) is 3.19. The van der Waals surface area contributed by atoms with Crippen molar-refractivity contribution >= 4 is 15.7 Å². The van der Waals surface area contributed by atoms with Crippen LogP contribution in [0.2, 0.25) is 0 Å². The third-order valence-corrected chi connectivity index (χ3v) is 4.30. The Labute approximate surface area is 96.4 Å². The van der Waals surface area contributed by atoms with Gasteiger partial charge in [0, 0.05) is 0 Å². The molecule has 16 heavy (non-hydrogen) atoms. The van der Waals surface area contributed by atoms with E-state index < -0.39 is 14.8 Å². The zero-order valence-electron chi connectivity index (χ0n) is 9.90. The van der Waals surface area contributed by atoms with Crippen molar-refractivity contribution in [2.24, 2.45) is 0 Å². The second kappa shape index (κ2) is 3.97. The van der Waals surface area contributed by atoms with Gasteiger partial charge in [-0.2, -0.15) is 0 Å². The number of aromatic hydroxyl groups is 1. The highest BCUT2D eigenvalue weighted by atomic mass is 32.2. The van der Waals surface area contributed by atoms with Gasteiger partial charge in [-0.3, -0.25) is 4.72 Å². The summed E-state index contributed by atoms with van der Waals surface area (Å²) in [7, 11) is -3.50. The number of aryl methyl sites for hydroxylation is 1. The molecule has 0 aliphatic rings. The van der Waals surface area contributed by atoms with Crippen LogP contribution in [-0.2, 0) is 10.0 Å². The SMILES string of the molecule is Cc1ccc(O)c(NS(=O)(=O)C(C)(C)C)c1. The molecule has 0 radical (unpaired) electrons. The summed E-state index contributed by atoms with van der Waals surface area (Å²) in [5.41, 5.74) is 1.10. The van der Waals surface area contributed by atoms with Crippen LogP contribution in [0.3, 0.4) is 0 Å². The number of phenols is 1. The van der Waals surface area contributed by atoms with E-state index in [9.17, 15) is 13.5 Å². The summed E-state index contributed by atoms with van der Waals surface area (Å²) < 4.78 is 25.2. The third kappa shape index (κ3) is 2.66. The molecule has 1 rings (SSSR count). The number of nitrogens with one attached hydrogen (secondary N) is 1. The fourth-order valence-electron chi connectivity index (χ4n) is 1.03. The molecule has 4 nitrogen and oxygen atoms in total. The van der Waals surface area contributed by atoms with E-state index in [0.717, 1.165) is 5.56 Å². The third-order valence-electron chi connectivity index (χ3n) is 2.20. The van der Waals surface area contributed by atoms with Gasteiger partial charge in [-0.1, -0.05) is 6.07 Å². The molecule has 0 heterocycles. The molecule has 0 bridgehead atoms. The smallest absolute Gasteiger partial charge is 0.237 e. The van der Waals surface area contributed by atoms with Crippen molar-refractivity contribution in [3.63, 3.8) is 0 Å². The van der Waals surface area contributed by atoms with Crippen LogP contribution in [0.25, 0.3) is 0 Å². The van der Waals surface area contributed by atoms with Crippen LogP contribution in [0.4, 0.5) is 5.69 Å². The minimum atomic E-state index is -3.50. The van der Waals surface area contributed by atoms with Crippen molar-refractivity contribution in [1.29, 1.82) is 0 Å². The van der Waals surface area contributed by atoms with Crippen LogP contribution in [-0.4, -0.2) is 18.3 Å². The number of sulfonamides is 1. The monoisotopic (exact) mass is 243 g/mol. The largest absolute Gasteiger partial charge is 0.506 e. The molecule has 1 aromatic carbocycles.